The SMILES string of the molecule is Cc1ccc(C(=O)N(C)[C@@H](C)CNC(=O)OC(C)(C)C)s1. The molecule has 0 aromatic carbocycles. The summed E-state index contributed by atoms with van der Waals surface area (Å²) >= 11 is 1.47. The second-order valence-corrected chi connectivity index (χ2v) is 7.35. The lowest BCUT2D eigenvalue weighted by molar-refractivity contribution is 0.0502. The number of hydrogen-bond acceptors (Lipinski definition) is 4. The number of nitrogens with one attached hydrogen (secondary N) is 1. The van der Waals surface area contributed by atoms with Gasteiger partial charge in [-0.2, -0.15) is 0 Å². The molecule has 0 fully saturated rings. The van der Waals surface area contributed by atoms with Crippen molar-refractivity contribution >= 4 is 23.3 Å². The molecule has 0 spiro atoms. The number of thiophene rings is 1. The Labute approximate surface area is 130 Å². The van der Waals surface area contributed by atoms with Gasteiger partial charge in [-0.05, 0) is 46.8 Å². The molecule has 1 aromatic heterocycles. The van der Waals surface area contributed by atoms with E-state index in [4.69, 9.17) is 4.74 Å². The molecule has 5 nitrogen and oxygen atoms in total. The van der Waals surface area contributed by atoms with E-state index >= 15 is 0 Å². The molecule has 1 heterocycles. The van der Waals surface area contributed by atoms with E-state index in [2.05, 4.69) is 5.32 Å². The molecule has 1 N–H and O–H groups in total. The number of carbonyl (C=O) groups is 2. The molecular weight excluding hydrogens is 288 g/mol. The van der Waals surface area contributed by atoms with Crippen LogP contribution in [0.5, 0.6) is 0 Å². The Morgan fingerprint density at radius 1 is 1.38 bits per heavy atom. The van der Waals surface area contributed by atoms with Crippen LogP contribution in [0, 0.1) is 6.92 Å². The third-order valence-corrected chi connectivity index (χ3v) is 3.86. The van der Waals surface area contributed by atoms with Crippen LogP contribution >= 0.6 is 11.3 Å². The maximum Gasteiger partial charge on any atom is 0.407 e. The Balaban J connectivity index is 2.49. The number of carbonyl (C=O) groups excluding carboxylic acids is 2. The van der Waals surface area contributed by atoms with Crippen molar-refractivity contribution in [2.75, 3.05) is 13.6 Å². The average Bonchev–Trinajstić information content (AvgIpc) is 2.78. The number of ether oxygens (including phenoxy) is 1. The second kappa shape index (κ2) is 6.93. The fourth-order valence-corrected chi connectivity index (χ4v) is 2.46. The average molecular weight is 312 g/mol. The third-order valence-electron chi connectivity index (χ3n) is 2.87. The van der Waals surface area contributed by atoms with Crippen LogP contribution in [0.4, 0.5) is 4.79 Å². The molecule has 1 atom stereocenters. The topological polar surface area (TPSA) is 58.6 Å². The molecule has 0 radical (unpaired) electrons. The Morgan fingerprint density at radius 2 is 2.00 bits per heavy atom. The second-order valence-electron chi connectivity index (χ2n) is 6.06. The minimum absolute atomic E-state index is 0.0356. The van der Waals surface area contributed by atoms with E-state index in [0.29, 0.717) is 11.4 Å². The van der Waals surface area contributed by atoms with Crippen molar-refractivity contribution in [2.24, 2.45) is 0 Å². The van der Waals surface area contributed by atoms with Crippen molar-refractivity contribution in [3.8, 4) is 0 Å². The van der Waals surface area contributed by atoms with Gasteiger partial charge in [-0.1, -0.05) is 0 Å². The normalized spacial score (nSPS) is 12.7. The van der Waals surface area contributed by atoms with E-state index < -0.39 is 11.7 Å². The molecule has 0 saturated heterocycles. The van der Waals surface area contributed by atoms with Gasteiger partial charge in [-0.25, -0.2) is 4.79 Å². The number of likely N-dealkylation sites (N-methyl/N-ethyl adjacent to an activating group) is 1. The predicted molar refractivity (Wildman–Crippen MR) is 84.8 cm³/mol. The Kier molecular flexibility index (Phi) is 5.78. The van der Waals surface area contributed by atoms with Gasteiger partial charge in [0.1, 0.15) is 5.60 Å². The van der Waals surface area contributed by atoms with Crippen molar-refractivity contribution in [1.29, 1.82) is 0 Å². The van der Waals surface area contributed by atoms with Crippen molar-refractivity contribution in [1.82, 2.24) is 10.2 Å². The Morgan fingerprint density at radius 3 is 2.48 bits per heavy atom. The van der Waals surface area contributed by atoms with E-state index in [1.807, 2.05) is 46.8 Å². The Bertz CT molecular complexity index is 505. The molecule has 21 heavy (non-hydrogen) atoms. The molecule has 0 saturated carbocycles. The highest BCUT2D eigenvalue weighted by molar-refractivity contribution is 7.13. The van der Waals surface area contributed by atoms with Crippen LogP contribution in [0.2, 0.25) is 0 Å². The van der Waals surface area contributed by atoms with Crippen LogP contribution in [-0.4, -0.2) is 42.1 Å². The number of nitrogens with zero attached hydrogens (tertiary/aromatic N) is 1. The van der Waals surface area contributed by atoms with Gasteiger partial charge in [0.2, 0.25) is 0 Å². The number of aryl methyl sites for hydroxylation is 1. The summed E-state index contributed by atoms with van der Waals surface area (Å²) in [5, 5.41) is 2.68. The molecular formula is C15H24N2O3S. The fraction of sp³-hybridized carbons (Fsp3) is 0.600. The first-order chi connectivity index (χ1) is 9.60. The first-order valence-corrected chi connectivity index (χ1v) is 7.72. The summed E-state index contributed by atoms with van der Waals surface area (Å²) in [7, 11) is 1.73. The molecule has 1 rings (SSSR count). The van der Waals surface area contributed by atoms with Gasteiger partial charge in [0.25, 0.3) is 5.91 Å². The fourth-order valence-electron chi connectivity index (χ4n) is 1.61. The molecule has 118 valence electrons. The minimum Gasteiger partial charge on any atom is -0.444 e. The first-order valence-electron chi connectivity index (χ1n) is 6.90. The zero-order valence-corrected chi connectivity index (χ0v) is 14.3. The summed E-state index contributed by atoms with van der Waals surface area (Å²) in [4.78, 5) is 27.3. The van der Waals surface area contributed by atoms with Gasteiger partial charge in [-0.3, -0.25) is 4.79 Å². The van der Waals surface area contributed by atoms with Crippen LogP contribution in [0.3, 0.4) is 0 Å². The van der Waals surface area contributed by atoms with Gasteiger partial charge in [-0.15, -0.1) is 11.3 Å². The lowest BCUT2D eigenvalue weighted by Gasteiger charge is -2.26. The van der Waals surface area contributed by atoms with E-state index in [1.54, 1.807) is 11.9 Å². The van der Waals surface area contributed by atoms with Gasteiger partial charge < -0.3 is 15.0 Å². The molecule has 0 unspecified atom stereocenters. The largest absolute Gasteiger partial charge is 0.444 e. The van der Waals surface area contributed by atoms with E-state index in [0.717, 1.165) is 4.88 Å². The summed E-state index contributed by atoms with van der Waals surface area (Å²) in [6.45, 7) is 9.63. The number of hydrogen-bond donors (Lipinski definition) is 1. The number of rotatable bonds is 4. The summed E-state index contributed by atoms with van der Waals surface area (Å²) in [5.74, 6) is -0.0356. The third kappa shape index (κ3) is 5.75. The van der Waals surface area contributed by atoms with E-state index in [9.17, 15) is 9.59 Å². The number of amides is 2. The summed E-state index contributed by atoms with van der Waals surface area (Å²) < 4.78 is 5.16. The molecule has 0 aliphatic rings. The maximum atomic E-state index is 12.3. The van der Waals surface area contributed by atoms with E-state index in [1.165, 1.54) is 11.3 Å². The van der Waals surface area contributed by atoms with Crippen LogP contribution in [0.1, 0.15) is 42.2 Å². The molecule has 0 aliphatic carbocycles. The summed E-state index contributed by atoms with van der Waals surface area (Å²) in [6.07, 6.45) is -0.470. The van der Waals surface area contributed by atoms with Crippen LogP contribution < -0.4 is 5.32 Å². The standard InChI is InChI=1S/C15H24N2O3S/c1-10(9-16-14(19)20-15(3,4)5)17(6)13(18)12-8-7-11(2)21-12/h7-8,10H,9H2,1-6H3,(H,16,19)/t10-/m0/s1. The van der Waals surface area contributed by atoms with Crippen molar-refractivity contribution in [2.45, 2.75) is 46.3 Å². The highest BCUT2D eigenvalue weighted by Crippen LogP contribution is 2.17. The maximum absolute atomic E-state index is 12.3. The molecule has 2 amide bonds. The zero-order valence-electron chi connectivity index (χ0n) is 13.5. The van der Waals surface area contributed by atoms with Crippen LogP contribution in [0.25, 0.3) is 0 Å². The van der Waals surface area contributed by atoms with Gasteiger partial charge >= 0.3 is 6.09 Å². The summed E-state index contributed by atoms with van der Waals surface area (Å²) in [6, 6.07) is 3.63. The highest BCUT2D eigenvalue weighted by atomic mass is 32.1. The molecule has 6 heteroatoms. The quantitative estimate of drug-likeness (QED) is 0.929. The van der Waals surface area contributed by atoms with Crippen LogP contribution in [-0.2, 0) is 4.74 Å². The van der Waals surface area contributed by atoms with Gasteiger partial charge in [0.05, 0.1) is 4.88 Å². The van der Waals surface area contributed by atoms with Crippen molar-refractivity contribution in [3.05, 3.63) is 21.9 Å². The first kappa shape index (κ1) is 17.5. The Hall–Kier alpha value is -1.56. The van der Waals surface area contributed by atoms with Gasteiger partial charge in [0, 0.05) is 24.5 Å². The smallest absolute Gasteiger partial charge is 0.407 e. The lowest BCUT2D eigenvalue weighted by Crippen LogP contribution is -2.44. The molecule has 0 bridgehead atoms. The van der Waals surface area contributed by atoms with Crippen LogP contribution in [0.15, 0.2) is 12.1 Å². The highest BCUT2D eigenvalue weighted by Gasteiger charge is 2.21. The molecule has 1 aromatic rings. The monoisotopic (exact) mass is 312 g/mol. The minimum atomic E-state index is -0.524. The molecule has 0 aliphatic heterocycles. The van der Waals surface area contributed by atoms with Crippen molar-refractivity contribution in [3.63, 3.8) is 0 Å². The predicted octanol–water partition coefficient (Wildman–Crippen LogP) is 3.04. The van der Waals surface area contributed by atoms with Gasteiger partial charge in [0.15, 0.2) is 0 Å². The summed E-state index contributed by atoms with van der Waals surface area (Å²) in [5.41, 5.74) is -0.524. The number of alkyl carbamates (subject to hydrolysis) is 1. The van der Waals surface area contributed by atoms with E-state index in [-0.39, 0.29) is 11.9 Å². The lowest BCUT2D eigenvalue weighted by atomic mass is 10.2. The zero-order chi connectivity index (χ0) is 16.2. The van der Waals surface area contributed by atoms with Crippen molar-refractivity contribution < 1.29 is 14.3 Å².